The molecule has 0 aliphatic carbocycles. The summed E-state index contributed by atoms with van der Waals surface area (Å²) in [5, 5.41) is 6.62. The Morgan fingerprint density at radius 1 is 1.44 bits per heavy atom. The highest BCUT2D eigenvalue weighted by Crippen LogP contribution is 2.10. The van der Waals surface area contributed by atoms with Crippen molar-refractivity contribution in [3.05, 3.63) is 16.1 Å². The second-order valence-corrected chi connectivity index (χ2v) is 6.06. The molecular weight excluding hydrogens is 246 g/mol. The van der Waals surface area contributed by atoms with Gasteiger partial charge in [-0.2, -0.15) is 0 Å². The van der Waals surface area contributed by atoms with Crippen LogP contribution in [0, 0.1) is 5.92 Å². The summed E-state index contributed by atoms with van der Waals surface area (Å²) in [7, 11) is 4.09. The summed E-state index contributed by atoms with van der Waals surface area (Å²) in [6.07, 6.45) is 0. The number of hydrogen-bond acceptors (Lipinski definition) is 5. The van der Waals surface area contributed by atoms with Crippen molar-refractivity contribution in [3.63, 3.8) is 0 Å². The Morgan fingerprint density at radius 3 is 2.89 bits per heavy atom. The van der Waals surface area contributed by atoms with Gasteiger partial charge in [0, 0.05) is 18.5 Å². The molecule has 1 rings (SSSR count). The number of thiazole rings is 1. The van der Waals surface area contributed by atoms with Crippen molar-refractivity contribution in [1.29, 1.82) is 0 Å². The standard InChI is InChI=1S/C13H25N3OS/c1-11(2)7-14-8-13-15-12(10-18-13)9-17-6-5-16(3)4/h10-11,14H,5-9H2,1-4H3. The molecule has 0 atom stereocenters. The van der Waals surface area contributed by atoms with Gasteiger partial charge in [0.15, 0.2) is 0 Å². The van der Waals surface area contributed by atoms with Crippen molar-refractivity contribution in [2.45, 2.75) is 27.0 Å². The third-order valence-electron chi connectivity index (χ3n) is 2.36. The molecule has 1 heterocycles. The molecular formula is C13H25N3OS. The van der Waals surface area contributed by atoms with Gasteiger partial charge >= 0.3 is 0 Å². The van der Waals surface area contributed by atoms with E-state index in [4.69, 9.17) is 4.74 Å². The van der Waals surface area contributed by atoms with Crippen molar-refractivity contribution in [1.82, 2.24) is 15.2 Å². The van der Waals surface area contributed by atoms with Gasteiger partial charge in [-0.25, -0.2) is 4.98 Å². The molecule has 1 N–H and O–H groups in total. The van der Waals surface area contributed by atoms with Gasteiger partial charge in [-0.05, 0) is 26.6 Å². The third kappa shape index (κ3) is 7.06. The van der Waals surface area contributed by atoms with Crippen LogP contribution in [0.5, 0.6) is 0 Å². The lowest BCUT2D eigenvalue weighted by Gasteiger charge is -2.08. The first kappa shape index (κ1) is 15.6. The van der Waals surface area contributed by atoms with E-state index >= 15 is 0 Å². The number of rotatable bonds is 9. The Balaban J connectivity index is 2.17. The maximum absolute atomic E-state index is 5.57. The predicted octanol–water partition coefficient (Wildman–Crippen LogP) is 1.97. The highest BCUT2D eigenvalue weighted by atomic mass is 32.1. The van der Waals surface area contributed by atoms with E-state index in [-0.39, 0.29) is 0 Å². The number of nitrogens with one attached hydrogen (secondary N) is 1. The van der Waals surface area contributed by atoms with E-state index < -0.39 is 0 Å². The molecule has 0 aromatic carbocycles. The fraction of sp³-hybridized carbons (Fsp3) is 0.769. The molecule has 1 aromatic heterocycles. The van der Waals surface area contributed by atoms with Crippen LogP contribution in [-0.2, 0) is 17.9 Å². The van der Waals surface area contributed by atoms with E-state index in [2.05, 4.69) is 34.4 Å². The van der Waals surface area contributed by atoms with E-state index in [1.807, 2.05) is 14.1 Å². The molecule has 18 heavy (non-hydrogen) atoms. The lowest BCUT2D eigenvalue weighted by Crippen LogP contribution is -2.19. The maximum Gasteiger partial charge on any atom is 0.107 e. The lowest BCUT2D eigenvalue weighted by molar-refractivity contribution is 0.103. The molecule has 0 radical (unpaired) electrons. The third-order valence-corrected chi connectivity index (χ3v) is 3.26. The van der Waals surface area contributed by atoms with E-state index in [1.165, 1.54) is 0 Å². The highest BCUT2D eigenvalue weighted by molar-refractivity contribution is 7.09. The molecule has 0 bridgehead atoms. The van der Waals surface area contributed by atoms with Crippen LogP contribution in [0.15, 0.2) is 5.38 Å². The zero-order valence-corrected chi connectivity index (χ0v) is 12.7. The molecule has 0 aliphatic heterocycles. The quantitative estimate of drug-likeness (QED) is 0.697. The Kier molecular flexibility index (Phi) is 7.42. The second kappa shape index (κ2) is 8.58. The monoisotopic (exact) mass is 271 g/mol. The van der Waals surface area contributed by atoms with Crippen molar-refractivity contribution in [3.8, 4) is 0 Å². The van der Waals surface area contributed by atoms with Gasteiger partial charge in [0.25, 0.3) is 0 Å². The number of hydrogen-bond donors (Lipinski definition) is 1. The minimum atomic E-state index is 0.620. The fourth-order valence-electron chi connectivity index (χ4n) is 1.39. The lowest BCUT2D eigenvalue weighted by atomic mass is 10.2. The Labute approximate surface area is 114 Å². The van der Waals surface area contributed by atoms with Crippen molar-refractivity contribution in [2.24, 2.45) is 5.92 Å². The Morgan fingerprint density at radius 2 is 2.22 bits per heavy atom. The molecule has 0 unspecified atom stereocenters. The molecule has 0 saturated carbocycles. The minimum Gasteiger partial charge on any atom is -0.374 e. The smallest absolute Gasteiger partial charge is 0.107 e. The molecule has 4 nitrogen and oxygen atoms in total. The molecule has 104 valence electrons. The second-order valence-electron chi connectivity index (χ2n) is 5.11. The van der Waals surface area contributed by atoms with Crippen LogP contribution in [0.2, 0.25) is 0 Å². The molecule has 0 fully saturated rings. The van der Waals surface area contributed by atoms with Crippen molar-refractivity contribution in [2.75, 3.05) is 33.8 Å². The van der Waals surface area contributed by atoms with Crippen LogP contribution in [0.3, 0.4) is 0 Å². The zero-order chi connectivity index (χ0) is 13.4. The molecule has 0 aliphatic rings. The van der Waals surface area contributed by atoms with Gasteiger partial charge in [-0.15, -0.1) is 11.3 Å². The van der Waals surface area contributed by atoms with Crippen LogP contribution >= 0.6 is 11.3 Å². The van der Waals surface area contributed by atoms with Gasteiger partial charge in [-0.3, -0.25) is 0 Å². The number of ether oxygens (including phenoxy) is 1. The average molecular weight is 271 g/mol. The fourth-order valence-corrected chi connectivity index (χ4v) is 2.14. The van der Waals surface area contributed by atoms with E-state index in [0.29, 0.717) is 12.5 Å². The Bertz CT molecular complexity index is 326. The minimum absolute atomic E-state index is 0.620. The number of nitrogens with zero attached hydrogens (tertiary/aromatic N) is 2. The largest absolute Gasteiger partial charge is 0.374 e. The first-order chi connectivity index (χ1) is 8.58. The van der Waals surface area contributed by atoms with Gasteiger partial charge in [0.05, 0.1) is 18.9 Å². The van der Waals surface area contributed by atoms with Crippen LogP contribution < -0.4 is 5.32 Å². The zero-order valence-electron chi connectivity index (χ0n) is 11.9. The van der Waals surface area contributed by atoms with Crippen LogP contribution in [-0.4, -0.2) is 43.7 Å². The predicted molar refractivity (Wildman–Crippen MR) is 76.9 cm³/mol. The first-order valence-electron chi connectivity index (χ1n) is 6.44. The van der Waals surface area contributed by atoms with Crippen molar-refractivity contribution >= 4 is 11.3 Å². The molecule has 5 heteroatoms. The Hall–Kier alpha value is -0.490. The van der Waals surface area contributed by atoms with Gasteiger partial charge in [0.1, 0.15) is 5.01 Å². The molecule has 1 aromatic rings. The average Bonchev–Trinajstić information content (AvgIpc) is 2.72. The van der Waals surface area contributed by atoms with E-state index in [9.17, 15) is 0 Å². The van der Waals surface area contributed by atoms with E-state index in [1.54, 1.807) is 11.3 Å². The summed E-state index contributed by atoms with van der Waals surface area (Å²) in [6, 6.07) is 0. The van der Waals surface area contributed by atoms with Crippen LogP contribution in [0.25, 0.3) is 0 Å². The first-order valence-corrected chi connectivity index (χ1v) is 7.32. The van der Waals surface area contributed by atoms with Crippen molar-refractivity contribution < 1.29 is 4.74 Å². The maximum atomic E-state index is 5.57. The van der Waals surface area contributed by atoms with E-state index in [0.717, 1.165) is 36.9 Å². The summed E-state index contributed by atoms with van der Waals surface area (Å²) >= 11 is 1.70. The summed E-state index contributed by atoms with van der Waals surface area (Å²) < 4.78 is 5.57. The molecule has 0 saturated heterocycles. The molecule has 0 spiro atoms. The topological polar surface area (TPSA) is 37.4 Å². The summed E-state index contributed by atoms with van der Waals surface area (Å²) in [4.78, 5) is 6.65. The number of aromatic nitrogens is 1. The molecule has 0 amide bonds. The van der Waals surface area contributed by atoms with Gasteiger partial charge in [0.2, 0.25) is 0 Å². The van der Waals surface area contributed by atoms with Crippen LogP contribution in [0.4, 0.5) is 0 Å². The number of likely N-dealkylation sites (N-methyl/N-ethyl adjacent to an activating group) is 1. The summed E-state index contributed by atoms with van der Waals surface area (Å²) in [5.41, 5.74) is 1.04. The summed E-state index contributed by atoms with van der Waals surface area (Å²) in [6.45, 7) is 8.64. The normalized spacial score (nSPS) is 11.7. The summed E-state index contributed by atoms with van der Waals surface area (Å²) in [5.74, 6) is 0.679. The van der Waals surface area contributed by atoms with Gasteiger partial charge in [-0.1, -0.05) is 13.8 Å². The van der Waals surface area contributed by atoms with Gasteiger partial charge < -0.3 is 15.0 Å². The van der Waals surface area contributed by atoms with Crippen LogP contribution in [0.1, 0.15) is 24.5 Å². The SMILES string of the molecule is CC(C)CNCc1nc(COCCN(C)C)cs1. The highest BCUT2D eigenvalue weighted by Gasteiger charge is 2.02.